The summed E-state index contributed by atoms with van der Waals surface area (Å²) in [7, 11) is 0. The molecule has 1 aromatic carbocycles. The van der Waals surface area contributed by atoms with Gasteiger partial charge in [0, 0.05) is 38.7 Å². The maximum Gasteiger partial charge on any atom is 0.246 e. The molecule has 0 atom stereocenters. The number of piperazine rings is 1. The third-order valence-electron chi connectivity index (χ3n) is 4.50. The Morgan fingerprint density at radius 2 is 1.96 bits per heavy atom. The number of hydrogen-bond acceptors (Lipinski definition) is 8. The second-order valence-corrected chi connectivity index (χ2v) is 6.38. The molecule has 0 unspecified atom stereocenters. The number of aryl methyl sites for hydroxylation is 1. The van der Waals surface area contributed by atoms with E-state index in [-0.39, 0.29) is 18.1 Å². The van der Waals surface area contributed by atoms with Crippen LogP contribution in [0, 0.1) is 18.3 Å². The molecule has 10 nitrogen and oxygen atoms in total. The van der Waals surface area contributed by atoms with E-state index in [0.29, 0.717) is 43.8 Å². The zero-order valence-electron chi connectivity index (χ0n) is 15.3. The molecule has 1 saturated heterocycles. The van der Waals surface area contributed by atoms with Gasteiger partial charge in [-0.2, -0.15) is 10.1 Å². The highest BCUT2D eigenvalue weighted by Crippen LogP contribution is 2.22. The Hall–Kier alpha value is -3.74. The van der Waals surface area contributed by atoms with E-state index in [1.165, 1.54) is 4.80 Å². The van der Waals surface area contributed by atoms with Crippen molar-refractivity contribution in [2.24, 2.45) is 0 Å². The topological polar surface area (TPSA) is 117 Å². The fourth-order valence-electron chi connectivity index (χ4n) is 3.10. The van der Waals surface area contributed by atoms with E-state index in [0.717, 1.165) is 5.56 Å². The standard InChI is InChI=1S/C18H18N8O2/c1-13-20-15(11-19)18(28-13)25-9-7-24(8-10-25)16(27)12-26-22-17(21-23-26)14-5-3-2-4-6-14/h2-6H,7-10,12H2,1H3. The number of anilines is 1. The van der Waals surface area contributed by atoms with Gasteiger partial charge in [-0.3, -0.25) is 4.79 Å². The van der Waals surface area contributed by atoms with Crippen molar-refractivity contribution in [1.82, 2.24) is 30.1 Å². The third kappa shape index (κ3) is 3.55. The van der Waals surface area contributed by atoms with E-state index in [4.69, 9.17) is 9.68 Å². The minimum atomic E-state index is -0.0779. The number of aromatic nitrogens is 5. The molecule has 10 heteroatoms. The Bertz CT molecular complexity index is 1010. The molecule has 0 saturated carbocycles. The highest BCUT2D eigenvalue weighted by atomic mass is 16.4. The minimum Gasteiger partial charge on any atom is -0.424 e. The number of benzene rings is 1. The van der Waals surface area contributed by atoms with E-state index in [9.17, 15) is 4.79 Å². The summed E-state index contributed by atoms with van der Waals surface area (Å²) in [5.74, 6) is 1.34. The van der Waals surface area contributed by atoms with Crippen LogP contribution in [0.2, 0.25) is 0 Å². The van der Waals surface area contributed by atoms with Crippen molar-refractivity contribution in [2.75, 3.05) is 31.1 Å². The average Bonchev–Trinajstić information content (AvgIpc) is 3.35. The Labute approximate surface area is 161 Å². The number of hydrogen-bond donors (Lipinski definition) is 0. The lowest BCUT2D eigenvalue weighted by Crippen LogP contribution is -2.49. The number of nitriles is 1. The van der Waals surface area contributed by atoms with Crippen molar-refractivity contribution in [1.29, 1.82) is 5.26 Å². The fourth-order valence-corrected chi connectivity index (χ4v) is 3.10. The summed E-state index contributed by atoms with van der Waals surface area (Å²) in [5.41, 5.74) is 1.13. The van der Waals surface area contributed by atoms with E-state index in [1.54, 1.807) is 11.8 Å². The average molecular weight is 378 g/mol. The van der Waals surface area contributed by atoms with Crippen molar-refractivity contribution in [3.05, 3.63) is 41.9 Å². The SMILES string of the molecule is Cc1nc(C#N)c(N2CCN(C(=O)Cn3nnc(-c4ccccc4)n3)CC2)o1. The first-order valence-corrected chi connectivity index (χ1v) is 8.87. The molecule has 1 aliphatic heterocycles. The molecule has 4 rings (SSSR count). The lowest BCUT2D eigenvalue weighted by atomic mass is 10.2. The van der Waals surface area contributed by atoms with Gasteiger partial charge in [-0.1, -0.05) is 30.3 Å². The fraction of sp³-hybridized carbons (Fsp3) is 0.333. The molecule has 2 aromatic heterocycles. The van der Waals surface area contributed by atoms with Crippen LogP contribution in [0.4, 0.5) is 5.88 Å². The van der Waals surface area contributed by atoms with Crippen LogP contribution < -0.4 is 4.90 Å². The van der Waals surface area contributed by atoms with E-state index in [2.05, 4.69) is 20.4 Å². The maximum atomic E-state index is 12.6. The second kappa shape index (κ2) is 7.48. The number of nitrogens with zero attached hydrogens (tertiary/aromatic N) is 8. The molecule has 0 spiro atoms. The number of oxazole rings is 1. The van der Waals surface area contributed by atoms with Crippen LogP contribution in [0.3, 0.4) is 0 Å². The van der Waals surface area contributed by atoms with Crippen LogP contribution in [0.5, 0.6) is 0 Å². The number of amides is 1. The number of carbonyl (C=O) groups is 1. The summed E-state index contributed by atoms with van der Waals surface area (Å²) in [4.78, 5) is 21.6. The molecule has 3 heterocycles. The molecule has 142 valence electrons. The zero-order chi connectivity index (χ0) is 19.5. The quantitative estimate of drug-likeness (QED) is 0.656. The van der Waals surface area contributed by atoms with Crippen LogP contribution in [0.1, 0.15) is 11.6 Å². The second-order valence-electron chi connectivity index (χ2n) is 6.38. The summed E-state index contributed by atoms with van der Waals surface area (Å²) in [6.07, 6.45) is 0. The molecule has 1 fully saturated rings. The number of carbonyl (C=O) groups excluding carboxylic acids is 1. The van der Waals surface area contributed by atoms with Crippen molar-refractivity contribution in [2.45, 2.75) is 13.5 Å². The van der Waals surface area contributed by atoms with Crippen molar-refractivity contribution in [3.8, 4) is 17.5 Å². The molecule has 28 heavy (non-hydrogen) atoms. The molecule has 0 aliphatic carbocycles. The first-order chi connectivity index (χ1) is 13.6. The third-order valence-corrected chi connectivity index (χ3v) is 4.50. The van der Waals surface area contributed by atoms with Gasteiger partial charge in [-0.25, -0.2) is 4.98 Å². The normalized spacial score (nSPS) is 14.1. The van der Waals surface area contributed by atoms with Gasteiger partial charge in [0.05, 0.1) is 0 Å². The Balaban J connectivity index is 1.36. The largest absolute Gasteiger partial charge is 0.424 e. The van der Waals surface area contributed by atoms with Crippen molar-refractivity contribution >= 4 is 11.8 Å². The minimum absolute atomic E-state index is 0.0324. The molecule has 0 N–H and O–H groups in total. The van der Waals surface area contributed by atoms with Gasteiger partial charge in [0.15, 0.2) is 5.89 Å². The van der Waals surface area contributed by atoms with E-state index in [1.807, 2.05) is 41.3 Å². The highest BCUT2D eigenvalue weighted by Gasteiger charge is 2.26. The Morgan fingerprint density at radius 3 is 2.68 bits per heavy atom. The Kier molecular flexibility index (Phi) is 4.72. The number of tetrazole rings is 1. The highest BCUT2D eigenvalue weighted by molar-refractivity contribution is 5.76. The van der Waals surface area contributed by atoms with Gasteiger partial charge >= 0.3 is 0 Å². The van der Waals surface area contributed by atoms with E-state index < -0.39 is 0 Å². The van der Waals surface area contributed by atoms with Gasteiger partial charge in [-0.05, 0) is 5.21 Å². The predicted octanol–water partition coefficient (Wildman–Crippen LogP) is 0.857. The molecule has 1 amide bonds. The number of rotatable bonds is 4. The first-order valence-electron chi connectivity index (χ1n) is 8.87. The van der Waals surface area contributed by atoms with Crippen LogP contribution in [0.25, 0.3) is 11.4 Å². The summed E-state index contributed by atoms with van der Waals surface area (Å²) < 4.78 is 5.54. The maximum absolute atomic E-state index is 12.6. The van der Waals surface area contributed by atoms with Gasteiger partial charge < -0.3 is 14.2 Å². The lowest BCUT2D eigenvalue weighted by Gasteiger charge is -2.34. The predicted molar refractivity (Wildman–Crippen MR) is 98.0 cm³/mol. The molecule has 0 radical (unpaired) electrons. The summed E-state index contributed by atoms with van der Waals surface area (Å²) in [5, 5.41) is 21.4. The smallest absolute Gasteiger partial charge is 0.246 e. The zero-order valence-corrected chi connectivity index (χ0v) is 15.3. The lowest BCUT2D eigenvalue weighted by molar-refractivity contribution is -0.132. The molecular formula is C18H18N8O2. The summed E-state index contributed by atoms with van der Waals surface area (Å²) in [6, 6.07) is 11.5. The van der Waals surface area contributed by atoms with Crippen LogP contribution >= 0.6 is 0 Å². The van der Waals surface area contributed by atoms with Crippen LogP contribution in [-0.4, -0.2) is 62.2 Å². The van der Waals surface area contributed by atoms with Gasteiger partial charge in [0.25, 0.3) is 0 Å². The first kappa shape index (κ1) is 17.7. The van der Waals surface area contributed by atoms with Crippen molar-refractivity contribution in [3.63, 3.8) is 0 Å². The molecule has 0 bridgehead atoms. The molecule has 3 aromatic rings. The van der Waals surface area contributed by atoms with Gasteiger partial charge in [-0.15, -0.1) is 10.2 Å². The van der Waals surface area contributed by atoms with Crippen LogP contribution in [0.15, 0.2) is 34.7 Å². The summed E-state index contributed by atoms with van der Waals surface area (Å²) in [6.45, 7) is 3.90. The van der Waals surface area contributed by atoms with Gasteiger partial charge in [0.2, 0.25) is 23.3 Å². The molecule has 1 aliphatic rings. The van der Waals surface area contributed by atoms with Gasteiger partial charge in [0.1, 0.15) is 12.6 Å². The monoisotopic (exact) mass is 378 g/mol. The van der Waals surface area contributed by atoms with Crippen molar-refractivity contribution < 1.29 is 9.21 Å². The summed E-state index contributed by atoms with van der Waals surface area (Å²) >= 11 is 0. The molecular weight excluding hydrogens is 360 g/mol. The van der Waals surface area contributed by atoms with Crippen LogP contribution in [-0.2, 0) is 11.3 Å². The van der Waals surface area contributed by atoms with E-state index >= 15 is 0 Å². The Morgan fingerprint density at radius 1 is 1.21 bits per heavy atom.